The van der Waals surface area contributed by atoms with Gasteiger partial charge in [0.25, 0.3) is 0 Å². The summed E-state index contributed by atoms with van der Waals surface area (Å²) in [6.45, 7) is 15.7. The number of carbonyl (C=O) groups is 1. The molecule has 2 aliphatic heterocycles. The van der Waals surface area contributed by atoms with Crippen LogP contribution in [-0.2, 0) is 4.74 Å². The number of benzene rings is 1. The summed E-state index contributed by atoms with van der Waals surface area (Å²) in [5.74, 6) is 0.279. The van der Waals surface area contributed by atoms with Crippen molar-refractivity contribution in [2.45, 2.75) is 51.3 Å². The molecule has 3 heterocycles. The lowest BCUT2D eigenvalue weighted by Crippen LogP contribution is -2.57. The van der Waals surface area contributed by atoms with Crippen molar-refractivity contribution in [2.24, 2.45) is 0 Å². The number of ether oxygens (including phenoxy) is 2. The highest BCUT2D eigenvalue weighted by Crippen LogP contribution is 2.40. The number of likely N-dealkylation sites (N-methyl/N-ethyl adjacent to an activating group) is 1. The number of pyridine rings is 1. The maximum Gasteiger partial charge on any atom is 0.410 e. The van der Waals surface area contributed by atoms with Crippen molar-refractivity contribution in [3.63, 3.8) is 0 Å². The highest BCUT2D eigenvalue weighted by Gasteiger charge is 2.37. The fourth-order valence-corrected chi connectivity index (χ4v) is 5.49. The number of hydrogen-bond donors (Lipinski definition) is 0. The Kier molecular flexibility index (Phi) is 8.56. The normalized spacial score (nSPS) is 20.3. The first-order chi connectivity index (χ1) is 18.0. The molecule has 2 aliphatic rings. The number of hydrogen-bond acceptors (Lipinski definition) is 7. The minimum Gasteiger partial charge on any atom is -0.475 e. The quantitative estimate of drug-likeness (QED) is 0.427. The molecule has 1 amide bonds. The number of likely N-dealkylation sites (tertiary alicyclic amines) is 1. The van der Waals surface area contributed by atoms with Crippen molar-refractivity contribution in [1.82, 2.24) is 14.8 Å². The van der Waals surface area contributed by atoms with E-state index in [1.54, 1.807) is 11.0 Å². The Morgan fingerprint density at radius 3 is 2.71 bits per heavy atom. The third kappa shape index (κ3) is 6.09. The highest BCUT2D eigenvalue weighted by molar-refractivity contribution is 9.10. The van der Waals surface area contributed by atoms with Gasteiger partial charge in [0, 0.05) is 35.5 Å². The van der Waals surface area contributed by atoms with E-state index in [9.17, 15) is 10.1 Å². The molecule has 4 rings (SSSR count). The van der Waals surface area contributed by atoms with Gasteiger partial charge < -0.3 is 24.1 Å². The van der Waals surface area contributed by atoms with Gasteiger partial charge >= 0.3 is 6.09 Å². The molecule has 2 fully saturated rings. The summed E-state index contributed by atoms with van der Waals surface area (Å²) in [6, 6.07) is 5.80. The molecule has 0 radical (unpaired) electrons. The molecular weight excluding hydrogens is 572 g/mol. The number of rotatable bonds is 5. The zero-order valence-electron chi connectivity index (χ0n) is 22.1. The van der Waals surface area contributed by atoms with Crippen LogP contribution in [0.1, 0.15) is 39.2 Å². The van der Waals surface area contributed by atoms with Gasteiger partial charge in [0.05, 0.1) is 16.2 Å². The topological polar surface area (TPSA) is 86.3 Å². The van der Waals surface area contributed by atoms with E-state index in [0.29, 0.717) is 57.9 Å². The smallest absolute Gasteiger partial charge is 0.410 e. The van der Waals surface area contributed by atoms with Crippen molar-refractivity contribution in [3.8, 4) is 11.9 Å². The third-order valence-corrected chi connectivity index (χ3v) is 8.09. The van der Waals surface area contributed by atoms with Gasteiger partial charge in [0.1, 0.15) is 29.9 Å². The van der Waals surface area contributed by atoms with Crippen LogP contribution >= 0.6 is 27.5 Å². The monoisotopic (exact) mass is 602 g/mol. The second-order valence-corrected chi connectivity index (χ2v) is 12.0. The first-order valence-electron chi connectivity index (χ1n) is 12.7. The Balaban J connectivity index is 1.73. The summed E-state index contributed by atoms with van der Waals surface area (Å²) in [6.07, 6.45) is 1.70. The summed E-state index contributed by atoms with van der Waals surface area (Å²) in [5, 5.41) is 11.5. The van der Waals surface area contributed by atoms with Crippen LogP contribution in [0.25, 0.3) is 15.7 Å². The van der Waals surface area contributed by atoms with Crippen LogP contribution in [0.3, 0.4) is 0 Å². The zero-order chi connectivity index (χ0) is 27.6. The first kappa shape index (κ1) is 28.2. The van der Waals surface area contributed by atoms with Crippen LogP contribution in [-0.4, -0.2) is 84.9 Å². The Labute approximate surface area is 237 Å². The third-order valence-electron chi connectivity index (χ3n) is 6.89. The summed E-state index contributed by atoms with van der Waals surface area (Å²) in [7, 11) is 2.08. The zero-order valence-corrected chi connectivity index (χ0v) is 24.5. The van der Waals surface area contributed by atoms with Crippen molar-refractivity contribution in [2.75, 3.05) is 51.3 Å². The molecule has 11 heteroatoms. The van der Waals surface area contributed by atoms with E-state index in [1.165, 1.54) is 0 Å². The maximum absolute atomic E-state index is 12.9. The summed E-state index contributed by atoms with van der Waals surface area (Å²) < 4.78 is 12.5. The van der Waals surface area contributed by atoms with Gasteiger partial charge in [-0.05, 0) is 75.3 Å². The van der Waals surface area contributed by atoms with Crippen LogP contribution in [0.15, 0.2) is 16.6 Å². The van der Waals surface area contributed by atoms with Crippen LogP contribution in [0, 0.1) is 17.9 Å². The van der Waals surface area contributed by atoms with E-state index in [2.05, 4.69) is 38.8 Å². The van der Waals surface area contributed by atoms with Crippen molar-refractivity contribution in [1.29, 1.82) is 5.26 Å². The van der Waals surface area contributed by atoms with Gasteiger partial charge in [0.2, 0.25) is 12.4 Å². The number of carbonyl (C=O) groups excluding carboxylic acids is 1. The molecule has 2 saturated heterocycles. The number of nitrogens with zero attached hydrogens (tertiary/aromatic N) is 6. The molecule has 9 nitrogen and oxygen atoms in total. The lowest BCUT2D eigenvalue weighted by atomic mass is 10.0. The van der Waals surface area contributed by atoms with E-state index < -0.39 is 17.7 Å². The van der Waals surface area contributed by atoms with E-state index in [-0.39, 0.29) is 18.5 Å². The number of halogens is 2. The number of amides is 1. The molecule has 0 aliphatic carbocycles. The van der Waals surface area contributed by atoms with Gasteiger partial charge in [-0.2, -0.15) is 5.26 Å². The van der Waals surface area contributed by atoms with Gasteiger partial charge in [-0.3, -0.25) is 4.90 Å². The van der Waals surface area contributed by atoms with Crippen molar-refractivity contribution < 1.29 is 14.3 Å². The van der Waals surface area contributed by atoms with Gasteiger partial charge in [0.15, 0.2) is 0 Å². The van der Waals surface area contributed by atoms with E-state index in [4.69, 9.17) is 32.6 Å². The van der Waals surface area contributed by atoms with Gasteiger partial charge in [-0.25, -0.2) is 16.4 Å². The summed E-state index contributed by atoms with van der Waals surface area (Å²) in [5.41, 5.74) is 0.973. The molecule has 38 heavy (non-hydrogen) atoms. The Morgan fingerprint density at radius 1 is 1.32 bits per heavy atom. The van der Waals surface area contributed by atoms with E-state index in [1.807, 2.05) is 31.7 Å². The first-order valence-corrected chi connectivity index (χ1v) is 13.8. The number of fused-ring (bicyclic) bond motifs is 1. The summed E-state index contributed by atoms with van der Waals surface area (Å²) >= 11 is 9.97. The second-order valence-electron chi connectivity index (χ2n) is 10.7. The highest BCUT2D eigenvalue weighted by atomic mass is 79.9. The molecule has 0 saturated carbocycles. The lowest BCUT2D eigenvalue weighted by molar-refractivity contribution is 0.0156. The van der Waals surface area contributed by atoms with Crippen molar-refractivity contribution >= 4 is 50.2 Å². The maximum atomic E-state index is 12.9. The van der Waals surface area contributed by atoms with Gasteiger partial charge in [-0.15, -0.1) is 0 Å². The molecule has 202 valence electrons. The van der Waals surface area contributed by atoms with Crippen molar-refractivity contribution in [3.05, 3.63) is 38.6 Å². The van der Waals surface area contributed by atoms with Crippen LogP contribution in [0.5, 0.6) is 5.88 Å². The van der Waals surface area contributed by atoms with E-state index in [0.717, 1.165) is 19.4 Å². The molecular formula is C27H32BrClN6O3. The average Bonchev–Trinajstić information content (AvgIpc) is 3.26. The SMILES string of the molecule is [C-]#[N+]C[C@H]1CN(c2c(C#N)c(OC[C@@H]3CCCN3C)nc3cc(Br)c(Cl)cc23)CCN1C(=O)OC(C)(C)C. The van der Waals surface area contributed by atoms with Gasteiger partial charge in [-0.1, -0.05) is 11.6 Å². The fourth-order valence-electron chi connectivity index (χ4n) is 5.00. The Morgan fingerprint density at radius 2 is 2.08 bits per heavy atom. The predicted molar refractivity (Wildman–Crippen MR) is 151 cm³/mol. The molecule has 0 bridgehead atoms. The predicted octanol–water partition coefficient (Wildman–Crippen LogP) is 5.34. The fraction of sp³-hybridized carbons (Fsp3) is 0.556. The van der Waals surface area contributed by atoms with Crippen LogP contribution < -0.4 is 9.64 Å². The minimum absolute atomic E-state index is 0.115. The molecule has 0 unspecified atom stereocenters. The second kappa shape index (κ2) is 11.5. The Hall–Kier alpha value is -2.79. The molecule has 2 atom stereocenters. The minimum atomic E-state index is -0.643. The number of anilines is 1. The number of piperazine rings is 1. The standard InChI is InChI=1S/C27H32BrClN6O3/c1-27(2,3)38-26(36)35-10-9-34(15-18(35)14-31-4)24-19-11-22(29)21(28)12-23(19)32-25(20(24)13-30)37-16-17-7-6-8-33(17)5/h11-12,17-18H,6-10,14-16H2,1-3,5H3/t17-,18-/m0/s1. The molecule has 2 aromatic rings. The lowest BCUT2D eigenvalue weighted by Gasteiger charge is -2.41. The van der Waals surface area contributed by atoms with E-state index >= 15 is 0 Å². The number of nitriles is 1. The van der Waals surface area contributed by atoms with Crippen LogP contribution in [0.4, 0.5) is 10.5 Å². The Bertz CT molecular complexity index is 1300. The molecule has 1 aromatic carbocycles. The summed E-state index contributed by atoms with van der Waals surface area (Å²) in [4.78, 5) is 27.1. The molecule has 0 spiro atoms. The largest absolute Gasteiger partial charge is 0.475 e. The molecule has 1 aromatic heterocycles. The average molecular weight is 604 g/mol. The molecule has 0 N–H and O–H groups in total. The van der Waals surface area contributed by atoms with Crippen LogP contribution in [0.2, 0.25) is 5.02 Å². The number of aromatic nitrogens is 1.